The van der Waals surface area contributed by atoms with Crippen molar-refractivity contribution < 1.29 is 24.2 Å². The number of hydrogen-bond acceptors (Lipinski definition) is 4. The molecule has 15 heavy (non-hydrogen) atoms. The lowest BCUT2D eigenvalue weighted by atomic mass is 9.87. The van der Waals surface area contributed by atoms with E-state index in [0.717, 1.165) is 0 Å². The molecule has 0 radical (unpaired) electrons. The smallest absolute Gasteiger partial charge is 0.329 e. The third-order valence-electron chi connectivity index (χ3n) is 3.19. The van der Waals surface area contributed by atoms with Crippen LogP contribution in [0, 0.1) is 5.92 Å². The molecule has 0 aromatic rings. The van der Waals surface area contributed by atoms with Gasteiger partial charge in [-0.2, -0.15) is 0 Å². The Bertz CT molecular complexity index is 318. The van der Waals surface area contributed by atoms with Crippen molar-refractivity contribution in [1.29, 1.82) is 0 Å². The zero-order valence-electron chi connectivity index (χ0n) is 8.52. The second-order valence-corrected chi connectivity index (χ2v) is 4.04. The van der Waals surface area contributed by atoms with E-state index in [4.69, 9.17) is 14.6 Å². The van der Waals surface area contributed by atoms with Crippen LogP contribution in [0.4, 0.5) is 0 Å². The highest BCUT2D eigenvalue weighted by atomic mass is 16.7. The summed E-state index contributed by atoms with van der Waals surface area (Å²) < 4.78 is 10.5. The van der Waals surface area contributed by atoms with Gasteiger partial charge in [0.2, 0.25) is 5.91 Å². The largest absolute Gasteiger partial charge is 0.480 e. The lowest BCUT2D eigenvalue weighted by Gasteiger charge is -2.26. The van der Waals surface area contributed by atoms with Crippen LogP contribution in [-0.2, 0) is 19.1 Å². The number of carboxylic acids is 1. The minimum atomic E-state index is -1.08. The van der Waals surface area contributed by atoms with Gasteiger partial charge in [0.05, 0.1) is 5.92 Å². The molecule has 0 aromatic carbocycles. The van der Waals surface area contributed by atoms with Crippen molar-refractivity contribution in [3.63, 3.8) is 0 Å². The number of nitrogens with one attached hydrogen (secondary N) is 1. The van der Waals surface area contributed by atoms with E-state index >= 15 is 0 Å². The number of ether oxygens (including phenoxy) is 2. The number of fused-ring (bicyclic) bond motifs is 1. The molecule has 6 nitrogen and oxygen atoms in total. The van der Waals surface area contributed by atoms with E-state index in [2.05, 4.69) is 5.32 Å². The van der Waals surface area contributed by atoms with Gasteiger partial charge in [-0.05, 0) is 6.92 Å². The van der Waals surface area contributed by atoms with Gasteiger partial charge in [0.15, 0.2) is 12.3 Å². The van der Waals surface area contributed by atoms with Crippen molar-refractivity contribution >= 4 is 11.9 Å². The molecule has 2 heterocycles. The fourth-order valence-electron chi connectivity index (χ4n) is 2.31. The Morgan fingerprint density at radius 3 is 2.93 bits per heavy atom. The van der Waals surface area contributed by atoms with E-state index in [1.54, 1.807) is 6.92 Å². The van der Waals surface area contributed by atoms with Crippen LogP contribution < -0.4 is 5.32 Å². The Morgan fingerprint density at radius 1 is 1.73 bits per heavy atom. The molecule has 2 N–H and O–H groups in total. The quantitative estimate of drug-likeness (QED) is 0.638. The zero-order chi connectivity index (χ0) is 11.2. The first-order chi connectivity index (χ1) is 6.99. The van der Waals surface area contributed by atoms with Crippen LogP contribution >= 0.6 is 0 Å². The monoisotopic (exact) mass is 215 g/mol. The second-order valence-electron chi connectivity index (χ2n) is 4.04. The molecule has 6 heteroatoms. The maximum absolute atomic E-state index is 11.5. The summed E-state index contributed by atoms with van der Waals surface area (Å²) in [5.74, 6) is -1.79. The number of hydrogen-bond donors (Lipinski definition) is 2. The van der Waals surface area contributed by atoms with Crippen LogP contribution in [-0.4, -0.2) is 42.0 Å². The predicted molar refractivity (Wildman–Crippen MR) is 48.0 cm³/mol. The molecule has 2 saturated heterocycles. The molecule has 0 spiro atoms. The third-order valence-corrected chi connectivity index (χ3v) is 3.19. The van der Waals surface area contributed by atoms with Crippen molar-refractivity contribution in [2.75, 3.05) is 7.11 Å². The maximum atomic E-state index is 11.5. The Balaban J connectivity index is 2.28. The Morgan fingerprint density at radius 2 is 2.40 bits per heavy atom. The molecule has 0 bridgehead atoms. The van der Waals surface area contributed by atoms with Crippen LogP contribution in [0.5, 0.6) is 0 Å². The van der Waals surface area contributed by atoms with E-state index in [1.807, 2.05) is 0 Å². The van der Waals surface area contributed by atoms with E-state index in [0.29, 0.717) is 6.42 Å². The average molecular weight is 215 g/mol. The van der Waals surface area contributed by atoms with Crippen molar-refractivity contribution in [3.05, 3.63) is 0 Å². The Hall–Kier alpha value is -1.14. The summed E-state index contributed by atoms with van der Waals surface area (Å²) >= 11 is 0. The summed E-state index contributed by atoms with van der Waals surface area (Å²) in [7, 11) is 1.47. The number of rotatable bonds is 2. The average Bonchev–Trinajstić information content (AvgIpc) is 2.61. The molecule has 1 amide bonds. The third kappa shape index (κ3) is 1.32. The molecule has 2 aliphatic heterocycles. The first-order valence-corrected chi connectivity index (χ1v) is 4.73. The fraction of sp³-hybridized carbons (Fsp3) is 0.778. The first kappa shape index (κ1) is 10.4. The van der Waals surface area contributed by atoms with Crippen molar-refractivity contribution in [2.45, 2.75) is 31.3 Å². The van der Waals surface area contributed by atoms with E-state index < -0.39 is 29.8 Å². The molecule has 2 fully saturated rings. The van der Waals surface area contributed by atoms with Gasteiger partial charge in [-0.1, -0.05) is 0 Å². The highest BCUT2D eigenvalue weighted by Gasteiger charge is 2.61. The summed E-state index contributed by atoms with van der Waals surface area (Å²) in [5, 5.41) is 11.4. The van der Waals surface area contributed by atoms with Crippen LogP contribution in [0.2, 0.25) is 0 Å². The van der Waals surface area contributed by atoms with Crippen LogP contribution in [0.1, 0.15) is 13.3 Å². The van der Waals surface area contributed by atoms with Crippen molar-refractivity contribution in [1.82, 2.24) is 5.32 Å². The van der Waals surface area contributed by atoms with Gasteiger partial charge in [-0.25, -0.2) is 4.79 Å². The molecular formula is C9H13NO5. The van der Waals surface area contributed by atoms with Gasteiger partial charge in [0.1, 0.15) is 5.60 Å². The summed E-state index contributed by atoms with van der Waals surface area (Å²) in [6, 6.07) is -0.991. The lowest BCUT2D eigenvalue weighted by Crippen LogP contribution is -2.48. The maximum Gasteiger partial charge on any atom is 0.329 e. The van der Waals surface area contributed by atoms with E-state index in [1.165, 1.54) is 7.11 Å². The molecule has 2 aliphatic rings. The van der Waals surface area contributed by atoms with Crippen LogP contribution in [0.15, 0.2) is 0 Å². The number of methoxy groups -OCH3 is 1. The molecule has 4 unspecified atom stereocenters. The standard InChI is InChI=1S/C9H13NO5/c1-9-4(3-5(14-2)15-9)7(11)10-6(9)8(12)13/h4-6H,3H2,1-2H3,(H,10,11)(H,12,13). The highest BCUT2D eigenvalue weighted by molar-refractivity contribution is 5.92. The van der Waals surface area contributed by atoms with Gasteiger partial charge in [-0.15, -0.1) is 0 Å². The second kappa shape index (κ2) is 3.18. The Labute approximate surface area is 86.5 Å². The summed E-state index contributed by atoms with van der Waals surface area (Å²) in [4.78, 5) is 22.5. The number of aliphatic carboxylic acids is 1. The molecule has 0 aromatic heterocycles. The summed E-state index contributed by atoms with van der Waals surface area (Å²) in [5.41, 5.74) is -0.996. The number of carbonyl (C=O) groups is 2. The van der Waals surface area contributed by atoms with E-state index in [9.17, 15) is 9.59 Å². The highest BCUT2D eigenvalue weighted by Crippen LogP contribution is 2.42. The van der Waals surface area contributed by atoms with Crippen molar-refractivity contribution in [3.8, 4) is 0 Å². The summed E-state index contributed by atoms with van der Waals surface area (Å²) in [6.45, 7) is 1.63. The first-order valence-electron chi connectivity index (χ1n) is 4.73. The zero-order valence-corrected chi connectivity index (χ0v) is 8.52. The van der Waals surface area contributed by atoms with Gasteiger partial charge in [-0.3, -0.25) is 4.79 Å². The Kier molecular flexibility index (Phi) is 2.20. The SMILES string of the molecule is COC1CC2C(=O)NC(C(=O)O)C2(C)O1. The van der Waals surface area contributed by atoms with Gasteiger partial charge in [0, 0.05) is 13.5 Å². The molecular weight excluding hydrogens is 202 g/mol. The lowest BCUT2D eigenvalue weighted by molar-refractivity contribution is -0.169. The number of carbonyl (C=O) groups excluding carboxylic acids is 1. The fourth-order valence-corrected chi connectivity index (χ4v) is 2.31. The minimum Gasteiger partial charge on any atom is -0.480 e. The number of carboxylic acid groups (broad SMARTS) is 1. The molecule has 4 atom stereocenters. The summed E-state index contributed by atoms with van der Waals surface area (Å²) in [6.07, 6.45) is -0.0873. The van der Waals surface area contributed by atoms with E-state index in [-0.39, 0.29) is 5.91 Å². The molecule has 0 aliphatic carbocycles. The van der Waals surface area contributed by atoms with Crippen LogP contribution in [0.25, 0.3) is 0 Å². The molecule has 84 valence electrons. The van der Waals surface area contributed by atoms with Gasteiger partial charge >= 0.3 is 5.97 Å². The van der Waals surface area contributed by atoms with Gasteiger partial charge in [0.25, 0.3) is 0 Å². The topological polar surface area (TPSA) is 84.9 Å². The van der Waals surface area contributed by atoms with Gasteiger partial charge < -0.3 is 19.9 Å². The number of amides is 1. The molecule has 0 saturated carbocycles. The normalized spacial score (nSPS) is 43.9. The molecule has 2 rings (SSSR count). The minimum absolute atomic E-state index is 0.274. The van der Waals surface area contributed by atoms with Crippen LogP contribution in [0.3, 0.4) is 0 Å². The van der Waals surface area contributed by atoms with Crippen molar-refractivity contribution in [2.24, 2.45) is 5.92 Å². The predicted octanol–water partition coefficient (Wildman–Crippen LogP) is -0.663.